The van der Waals surface area contributed by atoms with E-state index in [1.807, 2.05) is 51.2 Å². The van der Waals surface area contributed by atoms with E-state index < -0.39 is 29.9 Å². The second-order valence-electron chi connectivity index (χ2n) is 14.6. The minimum atomic E-state index is -0.809. The number of ether oxygens (including phenoxy) is 2. The molecule has 0 radical (unpaired) electrons. The summed E-state index contributed by atoms with van der Waals surface area (Å²) in [5.74, 6) is -1.91. The monoisotopic (exact) mass is 740 g/mol. The number of likely N-dealkylation sites (tertiary alicyclic amines) is 1. The Morgan fingerprint density at radius 3 is 2.37 bits per heavy atom. The summed E-state index contributed by atoms with van der Waals surface area (Å²) < 4.78 is 10.7. The summed E-state index contributed by atoms with van der Waals surface area (Å²) >= 11 is 1.20. The lowest BCUT2D eigenvalue weighted by Gasteiger charge is -2.37. The highest BCUT2D eigenvalue weighted by molar-refractivity contribution is 7.09. The minimum absolute atomic E-state index is 0.0205. The maximum absolute atomic E-state index is 14.1. The highest BCUT2D eigenvalue weighted by Crippen LogP contribution is 2.36. The normalized spacial score (nSPS) is 19.1. The second-order valence-corrected chi connectivity index (χ2v) is 15.5. The fraction of sp³-hybridized carbons (Fsp3) is 0.632. The second kappa shape index (κ2) is 19.3. The van der Waals surface area contributed by atoms with Gasteiger partial charge in [0.1, 0.15) is 16.7 Å². The molecule has 0 unspecified atom stereocenters. The number of benzene rings is 1. The average Bonchev–Trinajstić information content (AvgIpc) is 3.84. The van der Waals surface area contributed by atoms with Gasteiger partial charge in [-0.15, -0.1) is 11.3 Å². The number of piperidine rings is 1. The van der Waals surface area contributed by atoms with Crippen LogP contribution in [0.25, 0.3) is 0 Å². The lowest BCUT2D eigenvalue weighted by atomic mass is 9.95. The standard InChI is InChI=1S/C38H56N6O7S/c1-23(2)31(44(6)37(48)33(27-16-17-27)40-35(47)30-15-11-12-18-43(30)5)21-32(51-25(4)45)36-39-29(22-52-36)34(46)42-41-28(19-24(3)38(49)50-7)20-26-13-9-8-10-14-26/h8-10,13-14,22-24,27-28,30-33,41H,11-12,15-21H2,1-7H3,(H,40,47)(H,42,46)/t24-,28+,30+,31+,32+,33-/m0/s1. The van der Waals surface area contributed by atoms with Crippen molar-refractivity contribution in [2.24, 2.45) is 17.8 Å². The number of nitrogens with one attached hydrogen (secondary N) is 3. The summed E-state index contributed by atoms with van der Waals surface area (Å²) in [6.07, 6.45) is 5.00. The molecule has 13 nitrogen and oxygen atoms in total. The van der Waals surface area contributed by atoms with Gasteiger partial charge in [-0.3, -0.25) is 34.3 Å². The van der Waals surface area contributed by atoms with Crippen LogP contribution in [0, 0.1) is 17.8 Å². The van der Waals surface area contributed by atoms with Gasteiger partial charge in [-0.05, 0) is 69.5 Å². The number of esters is 2. The van der Waals surface area contributed by atoms with Gasteiger partial charge in [0, 0.05) is 37.9 Å². The van der Waals surface area contributed by atoms with E-state index in [9.17, 15) is 24.0 Å². The summed E-state index contributed by atoms with van der Waals surface area (Å²) in [4.78, 5) is 73.5. The first-order chi connectivity index (χ1) is 24.8. The van der Waals surface area contributed by atoms with Gasteiger partial charge < -0.3 is 19.7 Å². The van der Waals surface area contributed by atoms with Crippen LogP contribution >= 0.6 is 11.3 Å². The van der Waals surface area contributed by atoms with Crippen molar-refractivity contribution in [3.8, 4) is 0 Å². The molecule has 1 aromatic carbocycles. The summed E-state index contributed by atoms with van der Waals surface area (Å²) in [5, 5.41) is 5.13. The molecule has 1 saturated heterocycles. The van der Waals surface area contributed by atoms with Gasteiger partial charge in [0.25, 0.3) is 5.91 Å². The Morgan fingerprint density at radius 2 is 1.75 bits per heavy atom. The molecule has 6 atom stereocenters. The highest BCUT2D eigenvalue weighted by Gasteiger charge is 2.42. The van der Waals surface area contributed by atoms with Gasteiger partial charge in [0.2, 0.25) is 11.8 Å². The third-order valence-electron chi connectivity index (χ3n) is 10.1. The Morgan fingerprint density at radius 1 is 1.04 bits per heavy atom. The first kappa shape index (κ1) is 40.9. The molecule has 14 heteroatoms. The maximum Gasteiger partial charge on any atom is 0.308 e. The van der Waals surface area contributed by atoms with Crippen molar-refractivity contribution in [1.82, 2.24) is 31.0 Å². The van der Waals surface area contributed by atoms with Crippen LogP contribution in [0.15, 0.2) is 35.7 Å². The molecule has 2 aromatic rings. The number of rotatable bonds is 18. The smallest absolute Gasteiger partial charge is 0.308 e. The molecule has 4 rings (SSSR count). The number of aromatic nitrogens is 1. The molecule has 1 saturated carbocycles. The molecule has 2 fully saturated rings. The van der Waals surface area contributed by atoms with E-state index in [0.717, 1.165) is 44.2 Å². The van der Waals surface area contributed by atoms with E-state index >= 15 is 0 Å². The zero-order valence-corrected chi connectivity index (χ0v) is 32.4. The van der Waals surface area contributed by atoms with Gasteiger partial charge in [-0.1, -0.05) is 57.5 Å². The molecular weight excluding hydrogens is 685 g/mol. The van der Waals surface area contributed by atoms with E-state index in [1.165, 1.54) is 25.4 Å². The number of likely N-dealkylation sites (N-methyl/N-ethyl adjacent to an activating group) is 2. The lowest BCUT2D eigenvalue weighted by Crippen LogP contribution is -2.56. The fourth-order valence-electron chi connectivity index (χ4n) is 6.93. The molecule has 2 heterocycles. The van der Waals surface area contributed by atoms with E-state index in [0.29, 0.717) is 17.8 Å². The third-order valence-corrected chi connectivity index (χ3v) is 11.0. The van der Waals surface area contributed by atoms with Gasteiger partial charge in [0.05, 0.1) is 19.1 Å². The number of amides is 3. The van der Waals surface area contributed by atoms with Crippen molar-refractivity contribution >= 4 is 41.0 Å². The van der Waals surface area contributed by atoms with Crippen LogP contribution < -0.4 is 16.2 Å². The summed E-state index contributed by atoms with van der Waals surface area (Å²) in [6, 6.07) is 8.26. The number of carbonyl (C=O) groups excluding carboxylic acids is 5. The number of hydrogen-bond acceptors (Lipinski definition) is 11. The van der Waals surface area contributed by atoms with Crippen LogP contribution in [0.1, 0.15) is 99.8 Å². The van der Waals surface area contributed by atoms with Crippen LogP contribution in [0.4, 0.5) is 0 Å². The van der Waals surface area contributed by atoms with Crippen molar-refractivity contribution in [1.29, 1.82) is 0 Å². The van der Waals surface area contributed by atoms with Crippen LogP contribution in [-0.2, 0) is 35.1 Å². The molecule has 1 aliphatic heterocycles. The number of thiazole rings is 1. The predicted molar refractivity (Wildman–Crippen MR) is 198 cm³/mol. The summed E-state index contributed by atoms with van der Waals surface area (Å²) in [5.41, 5.74) is 7.00. The van der Waals surface area contributed by atoms with Gasteiger partial charge in [-0.25, -0.2) is 10.4 Å². The molecule has 2 aliphatic rings. The Kier molecular flexibility index (Phi) is 15.2. The van der Waals surface area contributed by atoms with Gasteiger partial charge in [0.15, 0.2) is 6.10 Å². The maximum atomic E-state index is 14.1. The zero-order chi connectivity index (χ0) is 37.9. The van der Waals surface area contributed by atoms with Crippen molar-refractivity contribution in [3.63, 3.8) is 0 Å². The van der Waals surface area contributed by atoms with Crippen molar-refractivity contribution in [3.05, 3.63) is 52.0 Å². The minimum Gasteiger partial charge on any atom is -0.469 e. The van der Waals surface area contributed by atoms with E-state index in [1.54, 1.807) is 24.3 Å². The summed E-state index contributed by atoms with van der Waals surface area (Å²) in [7, 11) is 5.05. The van der Waals surface area contributed by atoms with Gasteiger partial charge in [-0.2, -0.15) is 0 Å². The Hall–Kier alpha value is -3.88. The predicted octanol–water partition coefficient (Wildman–Crippen LogP) is 4.04. The van der Waals surface area contributed by atoms with Crippen LogP contribution in [0.3, 0.4) is 0 Å². The number of methoxy groups -OCH3 is 1. The molecule has 0 spiro atoms. The number of carbonyl (C=O) groups is 5. The Labute approximate surface area is 311 Å². The first-order valence-electron chi connectivity index (χ1n) is 18.4. The fourth-order valence-corrected chi connectivity index (χ4v) is 7.77. The molecule has 3 amide bonds. The quantitative estimate of drug-likeness (QED) is 0.150. The number of hydrogen-bond donors (Lipinski definition) is 3. The van der Waals surface area contributed by atoms with Crippen molar-refractivity contribution in [2.45, 2.75) is 109 Å². The first-order valence-corrected chi connectivity index (χ1v) is 19.2. The number of hydrazine groups is 1. The third kappa shape index (κ3) is 11.6. The van der Waals surface area contributed by atoms with Crippen molar-refractivity contribution in [2.75, 3.05) is 27.7 Å². The van der Waals surface area contributed by atoms with Gasteiger partial charge >= 0.3 is 11.9 Å². The van der Waals surface area contributed by atoms with E-state index in [-0.39, 0.29) is 59.9 Å². The Bertz CT molecular complexity index is 1520. The van der Waals surface area contributed by atoms with Crippen molar-refractivity contribution < 1.29 is 33.4 Å². The molecule has 286 valence electrons. The average molecular weight is 741 g/mol. The molecular formula is C38H56N6O7S. The Balaban J connectivity index is 1.45. The zero-order valence-electron chi connectivity index (χ0n) is 31.6. The van der Waals surface area contributed by atoms with Crippen LogP contribution in [0.2, 0.25) is 0 Å². The van der Waals surface area contributed by atoms with Crippen LogP contribution in [-0.4, -0.2) is 96.4 Å². The largest absolute Gasteiger partial charge is 0.469 e. The lowest BCUT2D eigenvalue weighted by molar-refractivity contribution is -0.149. The van der Waals surface area contributed by atoms with E-state index in [4.69, 9.17) is 9.47 Å². The molecule has 3 N–H and O–H groups in total. The van der Waals surface area contributed by atoms with Crippen LogP contribution in [0.5, 0.6) is 0 Å². The molecule has 1 aliphatic carbocycles. The molecule has 0 bridgehead atoms. The molecule has 52 heavy (non-hydrogen) atoms. The highest BCUT2D eigenvalue weighted by atomic mass is 32.1. The SMILES string of the molecule is COC(=O)[C@@H](C)C[C@H](Cc1ccccc1)NNC(=O)c1csc([C@@H](C[C@H](C(C)C)N(C)C(=O)[C@@H](NC(=O)[C@H]2CCCCN2C)C2CC2)OC(C)=O)n1. The topological polar surface area (TPSA) is 159 Å². The van der Waals surface area contributed by atoms with E-state index in [2.05, 4.69) is 26.1 Å². The molecule has 1 aromatic heterocycles. The summed E-state index contributed by atoms with van der Waals surface area (Å²) in [6.45, 7) is 7.96. The number of nitrogens with zero attached hydrogens (tertiary/aromatic N) is 3.